The normalized spacial score (nSPS) is 10.5. The van der Waals surface area contributed by atoms with Gasteiger partial charge in [0, 0.05) is 16.3 Å². The maximum Gasteiger partial charge on any atom is 0.198 e. The molecule has 0 saturated carbocycles. The molecule has 98 valence electrons. The van der Waals surface area contributed by atoms with Gasteiger partial charge in [-0.1, -0.05) is 11.6 Å². The smallest absolute Gasteiger partial charge is 0.198 e. The van der Waals surface area contributed by atoms with Crippen LogP contribution in [0.5, 0.6) is 0 Å². The van der Waals surface area contributed by atoms with Crippen molar-refractivity contribution >= 4 is 23.1 Å². The van der Waals surface area contributed by atoms with Crippen molar-refractivity contribution in [1.82, 2.24) is 0 Å². The minimum Gasteiger partial charge on any atom is -0.398 e. The van der Waals surface area contributed by atoms with Crippen LogP contribution in [0, 0.1) is 18.6 Å². The first-order chi connectivity index (χ1) is 8.90. The van der Waals surface area contributed by atoms with Gasteiger partial charge in [0.15, 0.2) is 5.78 Å². The van der Waals surface area contributed by atoms with Crippen LogP contribution >= 0.6 is 11.6 Å². The highest BCUT2D eigenvalue weighted by Gasteiger charge is 2.18. The molecule has 0 heterocycles. The average molecular weight is 282 g/mol. The molecule has 19 heavy (non-hydrogen) atoms. The van der Waals surface area contributed by atoms with Crippen LogP contribution in [0.2, 0.25) is 5.02 Å². The van der Waals surface area contributed by atoms with E-state index in [1.807, 2.05) is 0 Å². The molecule has 0 saturated heterocycles. The second-order valence-corrected chi connectivity index (χ2v) is 4.58. The van der Waals surface area contributed by atoms with Gasteiger partial charge in [0.25, 0.3) is 0 Å². The molecule has 0 unspecified atom stereocenters. The summed E-state index contributed by atoms with van der Waals surface area (Å²) in [6.45, 7) is 1.42. The Hall–Kier alpha value is -1.94. The van der Waals surface area contributed by atoms with Crippen LogP contribution in [0.1, 0.15) is 21.5 Å². The first kappa shape index (κ1) is 13.5. The third kappa shape index (κ3) is 2.58. The van der Waals surface area contributed by atoms with E-state index < -0.39 is 17.4 Å². The van der Waals surface area contributed by atoms with Gasteiger partial charge in [-0.25, -0.2) is 8.78 Å². The topological polar surface area (TPSA) is 43.1 Å². The van der Waals surface area contributed by atoms with Gasteiger partial charge in [-0.3, -0.25) is 4.79 Å². The number of benzene rings is 2. The van der Waals surface area contributed by atoms with E-state index >= 15 is 0 Å². The number of carbonyl (C=O) groups is 1. The number of aryl methyl sites for hydroxylation is 1. The molecule has 2 aromatic carbocycles. The Labute approximate surface area is 113 Å². The summed E-state index contributed by atoms with van der Waals surface area (Å²) >= 11 is 5.72. The SMILES string of the molecule is Cc1cc(F)c(C(=O)c2ccc(Cl)cc2N)cc1F. The van der Waals surface area contributed by atoms with Crippen LogP contribution in [0.25, 0.3) is 0 Å². The number of nitrogens with two attached hydrogens (primary N) is 1. The van der Waals surface area contributed by atoms with Crippen LogP contribution < -0.4 is 5.73 Å². The Morgan fingerprint density at radius 3 is 2.42 bits per heavy atom. The van der Waals surface area contributed by atoms with Crippen molar-refractivity contribution in [2.45, 2.75) is 6.92 Å². The van der Waals surface area contributed by atoms with Crippen LogP contribution in [0.15, 0.2) is 30.3 Å². The molecule has 5 heteroatoms. The molecule has 0 aliphatic rings. The lowest BCUT2D eigenvalue weighted by atomic mass is 10.00. The lowest BCUT2D eigenvalue weighted by Gasteiger charge is -2.07. The molecule has 2 N–H and O–H groups in total. The highest BCUT2D eigenvalue weighted by atomic mass is 35.5. The minimum absolute atomic E-state index is 0.0894. The Balaban J connectivity index is 2.53. The fraction of sp³-hybridized carbons (Fsp3) is 0.0714. The van der Waals surface area contributed by atoms with E-state index in [2.05, 4.69) is 0 Å². The predicted octanol–water partition coefficient (Wildman–Crippen LogP) is 3.74. The second-order valence-electron chi connectivity index (χ2n) is 4.14. The van der Waals surface area contributed by atoms with Crippen LogP contribution in [-0.2, 0) is 0 Å². The van der Waals surface area contributed by atoms with Crippen molar-refractivity contribution in [3.63, 3.8) is 0 Å². The largest absolute Gasteiger partial charge is 0.398 e. The van der Waals surface area contributed by atoms with E-state index in [4.69, 9.17) is 17.3 Å². The monoisotopic (exact) mass is 281 g/mol. The number of anilines is 1. The molecule has 2 rings (SSSR count). The van der Waals surface area contributed by atoms with Crippen molar-refractivity contribution in [1.29, 1.82) is 0 Å². The fourth-order valence-corrected chi connectivity index (χ4v) is 1.89. The molecular weight excluding hydrogens is 272 g/mol. The molecule has 0 aromatic heterocycles. The summed E-state index contributed by atoms with van der Waals surface area (Å²) in [6, 6.07) is 6.10. The van der Waals surface area contributed by atoms with Crippen molar-refractivity contribution in [2.75, 3.05) is 5.73 Å². The average Bonchev–Trinajstić information content (AvgIpc) is 2.33. The molecule has 0 amide bonds. The van der Waals surface area contributed by atoms with Crippen molar-refractivity contribution < 1.29 is 13.6 Å². The van der Waals surface area contributed by atoms with Gasteiger partial charge < -0.3 is 5.73 Å². The maximum absolute atomic E-state index is 13.7. The minimum atomic E-state index is -0.779. The summed E-state index contributed by atoms with van der Waals surface area (Å²) in [5.74, 6) is -2.10. The molecule has 0 atom stereocenters. The van der Waals surface area contributed by atoms with Gasteiger partial charge in [0.1, 0.15) is 11.6 Å². The van der Waals surface area contributed by atoms with Gasteiger partial charge in [-0.2, -0.15) is 0 Å². The zero-order valence-corrected chi connectivity index (χ0v) is 10.8. The van der Waals surface area contributed by atoms with Gasteiger partial charge in [0.05, 0.1) is 5.56 Å². The third-order valence-electron chi connectivity index (χ3n) is 2.75. The lowest BCUT2D eigenvalue weighted by molar-refractivity contribution is 0.103. The van der Waals surface area contributed by atoms with Gasteiger partial charge >= 0.3 is 0 Å². The second kappa shape index (κ2) is 4.97. The number of rotatable bonds is 2. The summed E-state index contributed by atoms with van der Waals surface area (Å²) in [4.78, 5) is 12.1. The standard InChI is InChI=1S/C14H10ClF2NO/c1-7-4-12(17)10(6-11(7)16)14(19)9-3-2-8(15)5-13(9)18/h2-6H,18H2,1H3. The van der Waals surface area contributed by atoms with E-state index in [1.165, 1.54) is 25.1 Å². The van der Waals surface area contributed by atoms with E-state index in [0.29, 0.717) is 5.02 Å². The number of carbonyl (C=O) groups excluding carboxylic acids is 1. The number of hydrogen-bond acceptors (Lipinski definition) is 2. The Bertz CT molecular complexity index is 671. The summed E-state index contributed by atoms with van der Waals surface area (Å²) < 4.78 is 27.2. The predicted molar refractivity (Wildman–Crippen MR) is 70.4 cm³/mol. The van der Waals surface area contributed by atoms with Gasteiger partial charge in [-0.15, -0.1) is 0 Å². The fourth-order valence-electron chi connectivity index (χ4n) is 1.71. The molecule has 0 aliphatic heterocycles. The van der Waals surface area contributed by atoms with E-state index in [1.54, 1.807) is 0 Å². The summed E-state index contributed by atoms with van der Waals surface area (Å²) in [7, 11) is 0. The Kier molecular flexibility index (Phi) is 3.53. The highest BCUT2D eigenvalue weighted by Crippen LogP contribution is 2.23. The zero-order valence-electron chi connectivity index (χ0n) is 10.0. The summed E-state index contributed by atoms with van der Waals surface area (Å²) in [5, 5.41) is 0.365. The van der Waals surface area contributed by atoms with E-state index in [0.717, 1.165) is 12.1 Å². The highest BCUT2D eigenvalue weighted by molar-refractivity contribution is 6.31. The maximum atomic E-state index is 13.7. The zero-order chi connectivity index (χ0) is 14.2. The summed E-state index contributed by atoms with van der Waals surface area (Å²) in [5.41, 5.74) is 5.66. The van der Waals surface area contributed by atoms with Gasteiger partial charge in [-0.05, 0) is 42.8 Å². The van der Waals surface area contributed by atoms with Crippen molar-refractivity contribution in [3.8, 4) is 0 Å². The first-order valence-electron chi connectivity index (χ1n) is 5.45. The number of hydrogen-bond donors (Lipinski definition) is 1. The number of nitrogen functional groups attached to an aromatic ring is 1. The Morgan fingerprint density at radius 1 is 1.11 bits per heavy atom. The number of halogens is 3. The molecular formula is C14H10ClF2NO. The molecule has 0 bridgehead atoms. The summed E-state index contributed by atoms with van der Waals surface area (Å²) in [6.07, 6.45) is 0. The molecule has 2 aromatic rings. The molecule has 0 radical (unpaired) electrons. The molecule has 0 aliphatic carbocycles. The van der Waals surface area contributed by atoms with Crippen LogP contribution in [0.4, 0.5) is 14.5 Å². The lowest BCUT2D eigenvalue weighted by Crippen LogP contribution is -2.08. The third-order valence-corrected chi connectivity index (χ3v) is 2.99. The quantitative estimate of drug-likeness (QED) is 0.673. The first-order valence-corrected chi connectivity index (χ1v) is 5.83. The molecule has 0 spiro atoms. The van der Waals surface area contributed by atoms with Crippen molar-refractivity contribution in [3.05, 3.63) is 63.7 Å². The molecule has 2 nitrogen and oxygen atoms in total. The van der Waals surface area contributed by atoms with Crippen LogP contribution in [0.3, 0.4) is 0 Å². The Morgan fingerprint density at radius 2 is 1.79 bits per heavy atom. The van der Waals surface area contributed by atoms with Gasteiger partial charge in [0.2, 0.25) is 0 Å². The van der Waals surface area contributed by atoms with Crippen LogP contribution in [-0.4, -0.2) is 5.78 Å². The number of ketones is 1. The molecule has 0 fully saturated rings. The van der Waals surface area contributed by atoms with E-state index in [-0.39, 0.29) is 22.4 Å². The van der Waals surface area contributed by atoms with E-state index in [9.17, 15) is 13.6 Å². The van der Waals surface area contributed by atoms with Crippen molar-refractivity contribution in [2.24, 2.45) is 0 Å².